The predicted octanol–water partition coefficient (Wildman–Crippen LogP) is 14.6. The summed E-state index contributed by atoms with van der Waals surface area (Å²) in [4.78, 5) is 4.15. The molecule has 0 N–H and O–H groups in total. The molecule has 3 heteroatoms. The van der Waals surface area contributed by atoms with Crippen molar-refractivity contribution < 1.29 is 6.85 Å². The van der Waals surface area contributed by atoms with Crippen LogP contribution in [0, 0.1) is 0 Å². The molecule has 0 aliphatic heterocycles. The van der Waals surface area contributed by atoms with Crippen molar-refractivity contribution in [2.75, 3.05) is 9.80 Å². The molecule has 1 unspecified atom stereocenters. The smallest absolute Gasteiger partial charge is 0.0725 e. The Balaban J connectivity index is 1.07. The molecule has 1 atom stereocenters. The van der Waals surface area contributed by atoms with Crippen LogP contribution in [0.5, 0.6) is 0 Å². The van der Waals surface area contributed by atoms with Gasteiger partial charge in [0.15, 0.2) is 0 Å². The molecule has 0 saturated carbocycles. The van der Waals surface area contributed by atoms with Crippen molar-refractivity contribution in [3.8, 4) is 22.3 Å². The summed E-state index contributed by atoms with van der Waals surface area (Å²) in [5, 5.41) is 2.43. The quantitative estimate of drug-likeness (QED) is 0.167. The second kappa shape index (κ2) is 13.0. The van der Waals surface area contributed by atoms with Crippen LogP contribution in [-0.4, -0.2) is 4.57 Å². The molecule has 9 aromatic carbocycles. The highest BCUT2D eigenvalue weighted by Crippen LogP contribution is 2.64. The van der Waals surface area contributed by atoms with Crippen LogP contribution in [0.4, 0.5) is 34.1 Å². The molecule has 59 heavy (non-hydrogen) atoms. The third kappa shape index (κ3) is 4.82. The number of aromatic nitrogens is 1. The first-order valence-corrected chi connectivity index (χ1v) is 20.0. The summed E-state index contributed by atoms with van der Waals surface area (Å²) in [5.74, 6) is 0. The summed E-state index contributed by atoms with van der Waals surface area (Å²) >= 11 is 0. The van der Waals surface area contributed by atoms with Gasteiger partial charge in [0.25, 0.3) is 0 Å². The van der Waals surface area contributed by atoms with Gasteiger partial charge < -0.3 is 14.4 Å². The average molecular weight is 759 g/mol. The van der Waals surface area contributed by atoms with E-state index in [0.717, 1.165) is 39.3 Å². The van der Waals surface area contributed by atoms with E-state index >= 15 is 0 Å². The fourth-order valence-electron chi connectivity index (χ4n) is 10.1. The van der Waals surface area contributed by atoms with E-state index in [9.17, 15) is 0 Å². The molecule has 1 heterocycles. The summed E-state index contributed by atoms with van der Waals surface area (Å²) in [7, 11) is 2.13. The lowest BCUT2D eigenvalue weighted by atomic mass is 9.70. The number of hydrogen-bond donors (Lipinski definition) is 0. The largest absolute Gasteiger partial charge is 0.344 e. The molecule has 10 aromatic rings. The second-order valence-corrected chi connectivity index (χ2v) is 15.4. The predicted molar refractivity (Wildman–Crippen MR) is 246 cm³/mol. The molecule has 278 valence electrons. The van der Waals surface area contributed by atoms with Gasteiger partial charge in [0, 0.05) is 63.0 Å². The first kappa shape index (κ1) is 28.7. The third-order valence-electron chi connectivity index (χ3n) is 12.5. The van der Waals surface area contributed by atoms with Crippen molar-refractivity contribution in [3.05, 3.63) is 241 Å². The fraction of sp³-hybridized carbons (Fsp3) is 0.0357. The molecule has 12 rings (SSSR count). The van der Waals surface area contributed by atoms with Gasteiger partial charge in [-0.05, 0) is 129 Å². The lowest BCUT2D eigenvalue weighted by Crippen LogP contribution is -2.26. The number of anilines is 6. The Hall–Kier alpha value is -7.62. The lowest BCUT2D eigenvalue weighted by Gasteiger charge is -2.32. The number of hydrogen-bond acceptors (Lipinski definition) is 2. The normalized spacial score (nSPS) is 15.8. The first-order chi connectivity index (χ1) is 31.3. The Morgan fingerprint density at radius 1 is 0.373 bits per heavy atom. The van der Waals surface area contributed by atoms with Crippen LogP contribution in [0.1, 0.15) is 29.1 Å². The highest BCUT2D eigenvalue weighted by Gasteiger charge is 2.51. The number of para-hydroxylation sites is 4. The van der Waals surface area contributed by atoms with E-state index in [0.29, 0.717) is 11.4 Å². The Morgan fingerprint density at radius 3 is 1.44 bits per heavy atom. The highest BCUT2D eigenvalue weighted by molar-refractivity contribution is 6.09. The van der Waals surface area contributed by atoms with E-state index in [1.807, 2.05) is 36.4 Å². The third-order valence-corrected chi connectivity index (χ3v) is 12.5. The van der Waals surface area contributed by atoms with Crippen LogP contribution in [0.25, 0.3) is 44.1 Å². The van der Waals surface area contributed by atoms with Crippen molar-refractivity contribution in [1.82, 2.24) is 4.57 Å². The summed E-state index contributed by atoms with van der Waals surface area (Å²) in [6.07, 6.45) is 0. The molecule has 1 aromatic heterocycles. The van der Waals surface area contributed by atoms with Gasteiger partial charge in [-0.3, -0.25) is 0 Å². The minimum atomic E-state index is -0.636. The molecule has 1 spiro atoms. The Bertz CT molecular complexity index is 3520. The summed E-state index contributed by atoms with van der Waals surface area (Å²) in [6.45, 7) is 0. The van der Waals surface area contributed by atoms with Crippen molar-refractivity contribution in [3.63, 3.8) is 0 Å². The monoisotopic (exact) mass is 758 g/mol. The van der Waals surface area contributed by atoms with Crippen LogP contribution in [0.3, 0.4) is 0 Å². The van der Waals surface area contributed by atoms with Crippen LogP contribution in [-0.2, 0) is 12.5 Å². The molecular formula is C56H39N3. The molecular weight excluding hydrogens is 715 g/mol. The number of nitrogens with zero attached hydrogens (tertiary/aromatic N) is 3. The molecule has 2 aliphatic rings. The van der Waals surface area contributed by atoms with Crippen LogP contribution >= 0.6 is 0 Å². The standard InChI is InChI=1S/C56H39N3/c1-57-54-28-16-13-25-46(54)49-37-43(31-34-55(49)57)59(40-21-9-4-10-22-40)42-30-33-53-48(36-42)45-24-12-15-27-51(45)56(53)50-26-14-11-23-44(50)47-35-41(29-32-52(47)56)58(38-17-5-2-6-18-38)39-19-7-3-8-20-39/h2-37H,1H3/i2D,5D,6D,17D,18D. The highest BCUT2D eigenvalue weighted by atomic mass is 15.1. The van der Waals surface area contributed by atoms with E-state index < -0.39 is 11.5 Å². The van der Waals surface area contributed by atoms with Gasteiger partial charge in [-0.25, -0.2) is 0 Å². The zero-order valence-corrected chi connectivity index (χ0v) is 32.2. The molecule has 0 amide bonds. The van der Waals surface area contributed by atoms with Crippen LogP contribution < -0.4 is 9.80 Å². The Morgan fingerprint density at radius 2 is 0.831 bits per heavy atom. The Labute approximate surface area is 351 Å². The maximum Gasteiger partial charge on any atom is 0.0725 e. The van der Waals surface area contributed by atoms with E-state index in [1.165, 1.54) is 44.1 Å². The van der Waals surface area contributed by atoms with E-state index in [2.05, 4.69) is 168 Å². The van der Waals surface area contributed by atoms with Gasteiger partial charge in [0.05, 0.1) is 12.3 Å². The summed E-state index contributed by atoms with van der Waals surface area (Å²) in [6, 6.07) is 64.4. The number of benzene rings is 9. The maximum absolute atomic E-state index is 9.04. The SMILES string of the molecule is [2H]c1c([2H])c([2H])c(N(c2ccccc2)c2ccc3c(c2)-c2ccccc2C32c3ccccc3-c3cc(N(c4ccccc4)c4ccc5c(c4)c4ccccc4n5C)ccc32)c([2H])c1[2H]. The van der Waals surface area contributed by atoms with Gasteiger partial charge in [-0.15, -0.1) is 0 Å². The van der Waals surface area contributed by atoms with Crippen LogP contribution in [0.2, 0.25) is 0 Å². The summed E-state index contributed by atoms with van der Waals surface area (Å²) in [5.41, 5.74) is 15.6. The van der Waals surface area contributed by atoms with Gasteiger partial charge >= 0.3 is 0 Å². The zero-order chi connectivity index (χ0) is 43.4. The lowest BCUT2D eigenvalue weighted by molar-refractivity contribution is 0.793. The molecule has 3 nitrogen and oxygen atoms in total. The van der Waals surface area contributed by atoms with Crippen molar-refractivity contribution in [2.45, 2.75) is 5.41 Å². The number of rotatable bonds is 6. The molecule has 0 bridgehead atoms. The minimum absolute atomic E-state index is 0.102. The van der Waals surface area contributed by atoms with Crippen molar-refractivity contribution in [2.24, 2.45) is 7.05 Å². The van der Waals surface area contributed by atoms with Crippen LogP contribution in [0.15, 0.2) is 218 Å². The molecule has 0 fully saturated rings. The van der Waals surface area contributed by atoms with Gasteiger partial charge in [-0.2, -0.15) is 0 Å². The van der Waals surface area contributed by atoms with Gasteiger partial charge in [-0.1, -0.05) is 133 Å². The topological polar surface area (TPSA) is 11.4 Å². The van der Waals surface area contributed by atoms with Gasteiger partial charge in [0.1, 0.15) is 0 Å². The molecule has 0 saturated heterocycles. The number of fused-ring (bicyclic) bond motifs is 13. The minimum Gasteiger partial charge on any atom is -0.344 e. The fourth-order valence-corrected chi connectivity index (χ4v) is 10.1. The summed E-state index contributed by atoms with van der Waals surface area (Å²) < 4.78 is 45.8. The number of aryl methyl sites for hydroxylation is 1. The first-order valence-electron chi connectivity index (χ1n) is 22.5. The molecule has 2 aliphatic carbocycles. The Kier molecular flexibility index (Phi) is 6.31. The van der Waals surface area contributed by atoms with E-state index in [4.69, 9.17) is 6.85 Å². The second-order valence-electron chi connectivity index (χ2n) is 15.4. The van der Waals surface area contributed by atoms with E-state index in [-0.39, 0.29) is 29.9 Å². The molecule has 0 radical (unpaired) electrons. The van der Waals surface area contributed by atoms with Crippen molar-refractivity contribution >= 4 is 55.9 Å². The maximum atomic E-state index is 9.04. The van der Waals surface area contributed by atoms with Gasteiger partial charge in [0.2, 0.25) is 0 Å². The van der Waals surface area contributed by atoms with E-state index in [1.54, 1.807) is 4.90 Å². The zero-order valence-electron chi connectivity index (χ0n) is 37.2. The average Bonchev–Trinajstić information content (AvgIpc) is 3.92. The van der Waals surface area contributed by atoms with Crippen molar-refractivity contribution in [1.29, 1.82) is 0 Å².